The molecule has 1 aromatic carbocycles. The largest absolute Gasteiger partial charge is 0.399 e. The van der Waals surface area contributed by atoms with Gasteiger partial charge in [0.05, 0.1) is 0 Å². The molecule has 4 heteroatoms. The van der Waals surface area contributed by atoms with Crippen molar-refractivity contribution in [2.24, 2.45) is 0 Å². The van der Waals surface area contributed by atoms with E-state index in [9.17, 15) is 4.79 Å². The number of hydrogen-bond acceptors (Lipinski definition) is 3. The zero-order chi connectivity index (χ0) is 13.7. The number of benzene rings is 1. The van der Waals surface area contributed by atoms with E-state index in [1.165, 1.54) is 4.88 Å². The molecule has 2 rings (SSSR count). The normalized spacial score (nSPS) is 10.4. The first-order valence-corrected chi connectivity index (χ1v) is 7.21. The fraction of sp³-hybridized carbons (Fsp3) is 0.267. The zero-order valence-electron chi connectivity index (χ0n) is 11.0. The molecule has 1 amide bonds. The lowest BCUT2D eigenvalue weighted by Gasteiger charge is -2.08. The van der Waals surface area contributed by atoms with Gasteiger partial charge in [-0.3, -0.25) is 4.79 Å². The van der Waals surface area contributed by atoms with Crippen molar-refractivity contribution in [3.63, 3.8) is 0 Å². The molecule has 1 heterocycles. The maximum absolute atomic E-state index is 11.8. The summed E-state index contributed by atoms with van der Waals surface area (Å²) in [6.07, 6.45) is 2.38. The van der Waals surface area contributed by atoms with Crippen LogP contribution in [-0.4, -0.2) is 5.91 Å². The molecule has 0 spiro atoms. The van der Waals surface area contributed by atoms with E-state index in [-0.39, 0.29) is 5.91 Å². The van der Waals surface area contributed by atoms with Crippen molar-refractivity contribution in [2.75, 3.05) is 11.1 Å². The fourth-order valence-corrected chi connectivity index (χ4v) is 2.67. The van der Waals surface area contributed by atoms with Crippen LogP contribution in [-0.2, 0) is 11.2 Å². The van der Waals surface area contributed by atoms with Crippen molar-refractivity contribution in [1.82, 2.24) is 0 Å². The van der Waals surface area contributed by atoms with Crippen LogP contribution in [0.25, 0.3) is 0 Å². The highest BCUT2D eigenvalue weighted by Gasteiger charge is 2.05. The Morgan fingerprint density at radius 3 is 2.89 bits per heavy atom. The lowest BCUT2D eigenvalue weighted by Crippen LogP contribution is -2.12. The predicted molar refractivity (Wildman–Crippen MR) is 81.5 cm³/mol. The highest BCUT2D eigenvalue weighted by atomic mass is 32.1. The number of thiophene rings is 1. The van der Waals surface area contributed by atoms with Crippen LogP contribution in [0.2, 0.25) is 0 Å². The topological polar surface area (TPSA) is 55.1 Å². The highest BCUT2D eigenvalue weighted by Crippen LogP contribution is 2.18. The molecule has 19 heavy (non-hydrogen) atoms. The first-order chi connectivity index (χ1) is 9.15. The molecule has 0 fully saturated rings. The van der Waals surface area contributed by atoms with Gasteiger partial charge in [0.1, 0.15) is 0 Å². The van der Waals surface area contributed by atoms with Crippen LogP contribution in [0.1, 0.15) is 23.3 Å². The molecule has 0 saturated carbocycles. The monoisotopic (exact) mass is 274 g/mol. The van der Waals surface area contributed by atoms with Gasteiger partial charge in [0.15, 0.2) is 0 Å². The van der Waals surface area contributed by atoms with Crippen LogP contribution < -0.4 is 11.1 Å². The summed E-state index contributed by atoms with van der Waals surface area (Å²) >= 11 is 1.74. The number of nitrogens with one attached hydrogen (secondary N) is 1. The van der Waals surface area contributed by atoms with E-state index in [1.54, 1.807) is 17.4 Å². The Kier molecular flexibility index (Phi) is 4.58. The number of nitrogen functional groups attached to an aromatic ring is 1. The SMILES string of the molecule is Cc1cc(N)ccc1NC(=O)CCCc1cccs1. The summed E-state index contributed by atoms with van der Waals surface area (Å²) in [5.41, 5.74) is 8.23. The lowest BCUT2D eigenvalue weighted by atomic mass is 10.1. The number of nitrogens with two attached hydrogens (primary N) is 1. The second-order valence-corrected chi connectivity index (χ2v) is 5.59. The summed E-state index contributed by atoms with van der Waals surface area (Å²) in [5, 5.41) is 4.99. The molecular weight excluding hydrogens is 256 g/mol. The predicted octanol–water partition coefficient (Wildman–Crippen LogP) is 3.60. The third-order valence-corrected chi connectivity index (χ3v) is 3.87. The molecule has 3 nitrogen and oxygen atoms in total. The number of hydrogen-bond donors (Lipinski definition) is 2. The van der Waals surface area contributed by atoms with Gasteiger partial charge in [-0.1, -0.05) is 6.07 Å². The average molecular weight is 274 g/mol. The maximum Gasteiger partial charge on any atom is 0.224 e. The number of carbonyl (C=O) groups is 1. The number of amides is 1. The molecule has 100 valence electrons. The molecule has 0 aliphatic heterocycles. The quantitative estimate of drug-likeness (QED) is 0.818. The van der Waals surface area contributed by atoms with Gasteiger partial charge in [0.25, 0.3) is 0 Å². The van der Waals surface area contributed by atoms with Crippen molar-refractivity contribution in [3.05, 3.63) is 46.2 Å². The third kappa shape index (κ3) is 4.10. The lowest BCUT2D eigenvalue weighted by molar-refractivity contribution is -0.116. The Morgan fingerprint density at radius 1 is 1.37 bits per heavy atom. The minimum absolute atomic E-state index is 0.0597. The first kappa shape index (κ1) is 13.6. The molecule has 0 saturated heterocycles. The molecule has 3 N–H and O–H groups in total. The maximum atomic E-state index is 11.8. The van der Waals surface area contributed by atoms with Crippen molar-refractivity contribution >= 4 is 28.6 Å². The van der Waals surface area contributed by atoms with Crippen molar-refractivity contribution in [2.45, 2.75) is 26.2 Å². The van der Waals surface area contributed by atoms with Gasteiger partial charge in [0, 0.05) is 22.7 Å². The Hall–Kier alpha value is -1.81. The molecule has 0 aliphatic carbocycles. The second-order valence-electron chi connectivity index (χ2n) is 4.56. The van der Waals surface area contributed by atoms with Gasteiger partial charge >= 0.3 is 0 Å². The van der Waals surface area contributed by atoms with Gasteiger partial charge in [-0.15, -0.1) is 11.3 Å². The van der Waals surface area contributed by atoms with E-state index in [2.05, 4.69) is 16.8 Å². The van der Waals surface area contributed by atoms with Crippen LogP contribution in [0.4, 0.5) is 11.4 Å². The molecule has 0 aliphatic rings. The summed E-state index contributed by atoms with van der Waals surface area (Å²) in [7, 11) is 0. The number of carbonyl (C=O) groups excluding carboxylic acids is 1. The molecule has 0 bridgehead atoms. The number of rotatable bonds is 5. The Morgan fingerprint density at radius 2 is 2.21 bits per heavy atom. The summed E-state index contributed by atoms with van der Waals surface area (Å²) in [6, 6.07) is 9.65. The summed E-state index contributed by atoms with van der Waals surface area (Å²) in [4.78, 5) is 13.2. The highest BCUT2D eigenvalue weighted by molar-refractivity contribution is 7.09. The number of aryl methyl sites for hydroxylation is 2. The van der Waals surface area contributed by atoms with E-state index in [4.69, 9.17) is 5.73 Å². The van der Waals surface area contributed by atoms with Crippen molar-refractivity contribution < 1.29 is 4.79 Å². The Bertz CT molecular complexity index is 549. The van der Waals surface area contributed by atoms with Crippen LogP contribution in [0, 0.1) is 6.92 Å². The molecular formula is C15H18N2OS. The van der Waals surface area contributed by atoms with Gasteiger partial charge in [-0.25, -0.2) is 0 Å². The zero-order valence-corrected chi connectivity index (χ0v) is 11.8. The summed E-state index contributed by atoms with van der Waals surface area (Å²) in [5.74, 6) is 0.0597. The Balaban J connectivity index is 1.80. The third-order valence-electron chi connectivity index (χ3n) is 2.93. The fourth-order valence-electron chi connectivity index (χ4n) is 1.92. The van der Waals surface area contributed by atoms with Crippen LogP contribution in [0.5, 0.6) is 0 Å². The van der Waals surface area contributed by atoms with Crippen LogP contribution >= 0.6 is 11.3 Å². The van der Waals surface area contributed by atoms with Crippen molar-refractivity contribution in [1.29, 1.82) is 0 Å². The summed E-state index contributed by atoms with van der Waals surface area (Å²) < 4.78 is 0. The van der Waals surface area contributed by atoms with Gasteiger partial charge in [-0.05, 0) is 55.0 Å². The van der Waals surface area contributed by atoms with Crippen LogP contribution in [0.3, 0.4) is 0 Å². The summed E-state index contributed by atoms with van der Waals surface area (Å²) in [6.45, 7) is 1.94. The minimum Gasteiger partial charge on any atom is -0.399 e. The van der Waals surface area contributed by atoms with Gasteiger partial charge in [-0.2, -0.15) is 0 Å². The van der Waals surface area contributed by atoms with E-state index in [0.29, 0.717) is 12.1 Å². The van der Waals surface area contributed by atoms with Gasteiger partial charge in [0.2, 0.25) is 5.91 Å². The smallest absolute Gasteiger partial charge is 0.224 e. The van der Waals surface area contributed by atoms with Crippen LogP contribution in [0.15, 0.2) is 35.7 Å². The molecule has 0 radical (unpaired) electrons. The van der Waals surface area contributed by atoms with E-state index >= 15 is 0 Å². The van der Waals surface area contributed by atoms with Crippen molar-refractivity contribution in [3.8, 4) is 0 Å². The first-order valence-electron chi connectivity index (χ1n) is 6.33. The average Bonchev–Trinajstić information content (AvgIpc) is 2.86. The molecule has 0 unspecified atom stereocenters. The van der Waals surface area contributed by atoms with E-state index in [1.807, 2.05) is 25.1 Å². The van der Waals surface area contributed by atoms with E-state index < -0.39 is 0 Å². The van der Waals surface area contributed by atoms with E-state index in [0.717, 1.165) is 24.1 Å². The standard InChI is InChI=1S/C15H18N2OS/c1-11-10-12(16)7-8-14(11)17-15(18)6-2-4-13-5-3-9-19-13/h3,5,7-10H,2,4,6,16H2,1H3,(H,17,18). The Labute approximate surface area is 117 Å². The molecule has 0 atom stereocenters. The van der Waals surface area contributed by atoms with Gasteiger partial charge < -0.3 is 11.1 Å². The number of anilines is 2. The molecule has 2 aromatic rings. The minimum atomic E-state index is 0.0597. The molecule has 1 aromatic heterocycles. The second kappa shape index (κ2) is 6.38.